The SMILES string of the molecule is O=C1c2ccccc2N[C@@H](c2cc(Br)ccc2OC(F)F)N1C[C@@H]1CCCO1. The number of fused-ring (bicyclic) bond motifs is 1. The van der Waals surface area contributed by atoms with E-state index in [2.05, 4.69) is 21.2 Å². The predicted molar refractivity (Wildman–Crippen MR) is 104 cm³/mol. The second kappa shape index (κ2) is 8.05. The topological polar surface area (TPSA) is 50.8 Å². The maximum atomic E-state index is 13.2. The van der Waals surface area contributed by atoms with Gasteiger partial charge in [0.25, 0.3) is 5.91 Å². The Bertz CT molecular complexity index is 874. The van der Waals surface area contributed by atoms with E-state index in [1.165, 1.54) is 6.07 Å². The molecule has 148 valence electrons. The highest BCUT2D eigenvalue weighted by atomic mass is 79.9. The Hall–Kier alpha value is -2.19. The molecule has 2 aromatic rings. The van der Waals surface area contributed by atoms with Gasteiger partial charge in [0.1, 0.15) is 11.9 Å². The van der Waals surface area contributed by atoms with Crippen LogP contribution in [-0.2, 0) is 4.74 Å². The van der Waals surface area contributed by atoms with Crippen LogP contribution in [0.3, 0.4) is 0 Å². The summed E-state index contributed by atoms with van der Waals surface area (Å²) in [4.78, 5) is 14.9. The van der Waals surface area contributed by atoms with Crippen LogP contribution in [0.1, 0.15) is 34.9 Å². The Kier molecular flexibility index (Phi) is 5.50. The zero-order chi connectivity index (χ0) is 19.7. The van der Waals surface area contributed by atoms with Gasteiger partial charge in [-0.3, -0.25) is 4.79 Å². The molecule has 2 heterocycles. The van der Waals surface area contributed by atoms with Crippen molar-refractivity contribution in [1.29, 1.82) is 0 Å². The van der Waals surface area contributed by atoms with E-state index in [-0.39, 0.29) is 17.8 Å². The number of hydrogen-bond acceptors (Lipinski definition) is 4. The van der Waals surface area contributed by atoms with Crippen LogP contribution in [0.5, 0.6) is 5.75 Å². The first kappa shape index (κ1) is 19.1. The highest BCUT2D eigenvalue weighted by Gasteiger charge is 2.36. The molecule has 0 spiro atoms. The van der Waals surface area contributed by atoms with E-state index in [0.717, 1.165) is 12.8 Å². The quantitative estimate of drug-likeness (QED) is 0.707. The van der Waals surface area contributed by atoms with Gasteiger partial charge in [0.15, 0.2) is 0 Å². The highest BCUT2D eigenvalue weighted by molar-refractivity contribution is 9.10. The lowest BCUT2D eigenvalue weighted by molar-refractivity contribution is -0.0511. The summed E-state index contributed by atoms with van der Waals surface area (Å²) in [6.07, 6.45) is 1.07. The molecule has 1 saturated heterocycles. The lowest BCUT2D eigenvalue weighted by Crippen LogP contribution is -2.46. The molecule has 1 fully saturated rings. The van der Waals surface area contributed by atoms with E-state index in [0.29, 0.717) is 34.4 Å². The molecule has 0 aromatic heterocycles. The lowest BCUT2D eigenvalue weighted by Gasteiger charge is -2.39. The van der Waals surface area contributed by atoms with Crippen LogP contribution in [0, 0.1) is 0 Å². The van der Waals surface area contributed by atoms with Gasteiger partial charge in [0.05, 0.1) is 11.7 Å². The minimum Gasteiger partial charge on any atom is -0.434 e. The van der Waals surface area contributed by atoms with Crippen LogP contribution in [0.25, 0.3) is 0 Å². The van der Waals surface area contributed by atoms with E-state index < -0.39 is 12.8 Å². The van der Waals surface area contributed by atoms with Crippen molar-refractivity contribution in [2.24, 2.45) is 0 Å². The largest absolute Gasteiger partial charge is 0.434 e. The molecular formula is C20H19BrF2N2O3. The molecule has 2 aliphatic rings. The average molecular weight is 453 g/mol. The van der Waals surface area contributed by atoms with Crippen molar-refractivity contribution in [1.82, 2.24) is 4.90 Å². The van der Waals surface area contributed by atoms with Crippen LogP contribution in [0.2, 0.25) is 0 Å². The molecule has 0 saturated carbocycles. The van der Waals surface area contributed by atoms with Crippen molar-refractivity contribution in [3.63, 3.8) is 0 Å². The second-order valence-corrected chi connectivity index (χ2v) is 7.66. The van der Waals surface area contributed by atoms with Gasteiger partial charge in [-0.2, -0.15) is 8.78 Å². The van der Waals surface area contributed by atoms with Crippen molar-refractivity contribution in [3.05, 3.63) is 58.1 Å². The van der Waals surface area contributed by atoms with Crippen LogP contribution in [-0.4, -0.2) is 36.7 Å². The Morgan fingerprint density at radius 3 is 2.86 bits per heavy atom. The lowest BCUT2D eigenvalue weighted by atomic mass is 10.0. The molecule has 28 heavy (non-hydrogen) atoms. The van der Waals surface area contributed by atoms with Crippen molar-refractivity contribution in [3.8, 4) is 5.75 Å². The summed E-state index contributed by atoms with van der Waals surface area (Å²) in [5.41, 5.74) is 1.66. The third kappa shape index (κ3) is 3.84. The Labute approximate surface area is 169 Å². The number of rotatable bonds is 5. The maximum Gasteiger partial charge on any atom is 0.387 e. The standard InChI is InChI=1S/C20H19BrF2N2O3/c21-12-7-8-17(28-20(22)23)15(10-12)18-24-16-6-2-1-5-14(16)19(26)25(18)11-13-4-3-9-27-13/h1-2,5-8,10,13,18,20,24H,3-4,9,11H2/t13-,18+/m0/s1. The summed E-state index contributed by atoms with van der Waals surface area (Å²) in [6, 6.07) is 12.0. The first-order valence-corrected chi connectivity index (χ1v) is 9.84. The number of nitrogens with zero attached hydrogens (tertiary/aromatic N) is 1. The van der Waals surface area contributed by atoms with Crippen LogP contribution >= 0.6 is 15.9 Å². The van der Waals surface area contributed by atoms with E-state index in [1.807, 2.05) is 6.07 Å². The molecule has 2 aliphatic heterocycles. The van der Waals surface area contributed by atoms with Crippen LogP contribution in [0.4, 0.5) is 14.5 Å². The number of carbonyl (C=O) groups is 1. The number of carbonyl (C=O) groups excluding carboxylic acids is 1. The molecule has 0 radical (unpaired) electrons. The first-order valence-electron chi connectivity index (χ1n) is 9.05. The molecule has 2 aromatic carbocycles. The summed E-state index contributed by atoms with van der Waals surface area (Å²) in [6.45, 7) is -1.93. The van der Waals surface area contributed by atoms with E-state index in [1.54, 1.807) is 35.2 Å². The van der Waals surface area contributed by atoms with Gasteiger partial charge in [0, 0.05) is 28.9 Å². The zero-order valence-corrected chi connectivity index (χ0v) is 16.5. The summed E-state index contributed by atoms with van der Waals surface area (Å²) in [7, 11) is 0. The summed E-state index contributed by atoms with van der Waals surface area (Å²) in [5.74, 6) is -0.141. The number of halogens is 3. The summed E-state index contributed by atoms with van der Waals surface area (Å²) < 4.78 is 37.1. The molecule has 1 amide bonds. The number of para-hydroxylation sites is 1. The molecule has 4 rings (SSSR count). The minimum atomic E-state index is -2.96. The minimum absolute atomic E-state index is 0.0280. The monoisotopic (exact) mass is 452 g/mol. The van der Waals surface area contributed by atoms with Crippen molar-refractivity contribution in [2.75, 3.05) is 18.5 Å². The second-order valence-electron chi connectivity index (χ2n) is 6.75. The zero-order valence-electron chi connectivity index (χ0n) is 14.9. The number of hydrogen-bond donors (Lipinski definition) is 1. The molecule has 5 nitrogen and oxygen atoms in total. The van der Waals surface area contributed by atoms with Crippen LogP contribution in [0.15, 0.2) is 46.9 Å². The molecule has 0 unspecified atom stereocenters. The summed E-state index contributed by atoms with van der Waals surface area (Å²) in [5, 5.41) is 3.31. The van der Waals surface area contributed by atoms with Gasteiger partial charge in [-0.15, -0.1) is 0 Å². The number of anilines is 1. The van der Waals surface area contributed by atoms with Gasteiger partial charge >= 0.3 is 6.61 Å². The van der Waals surface area contributed by atoms with Gasteiger partial charge in [-0.05, 0) is 43.2 Å². The van der Waals surface area contributed by atoms with Crippen molar-refractivity contribution >= 4 is 27.5 Å². The highest BCUT2D eigenvalue weighted by Crippen LogP contribution is 2.39. The number of nitrogens with one attached hydrogen (secondary N) is 1. The fraction of sp³-hybridized carbons (Fsp3) is 0.350. The van der Waals surface area contributed by atoms with E-state index >= 15 is 0 Å². The van der Waals surface area contributed by atoms with Crippen molar-refractivity contribution < 1.29 is 23.0 Å². The third-order valence-corrected chi connectivity index (χ3v) is 5.42. The number of amides is 1. The molecule has 0 aliphatic carbocycles. The molecule has 0 bridgehead atoms. The normalized spacial score (nSPS) is 21.6. The fourth-order valence-corrected chi connectivity index (χ4v) is 4.05. The van der Waals surface area contributed by atoms with Gasteiger partial charge < -0.3 is 19.7 Å². The number of benzene rings is 2. The maximum absolute atomic E-state index is 13.2. The smallest absolute Gasteiger partial charge is 0.387 e. The third-order valence-electron chi connectivity index (χ3n) is 4.93. The Morgan fingerprint density at radius 2 is 2.11 bits per heavy atom. The summed E-state index contributed by atoms with van der Waals surface area (Å²) >= 11 is 3.39. The van der Waals surface area contributed by atoms with Crippen LogP contribution < -0.4 is 10.1 Å². The average Bonchev–Trinajstić information content (AvgIpc) is 3.18. The van der Waals surface area contributed by atoms with Crippen molar-refractivity contribution in [2.45, 2.75) is 31.7 Å². The molecule has 1 N–H and O–H groups in total. The Morgan fingerprint density at radius 1 is 1.29 bits per heavy atom. The molecular weight excluding hydrogens is 434 g/mol. The Balaban J connectivity index is 1.76. The van der Waals surface area contributed by atoms with Gasteiger partial charge in [-0.25, -0.2) is 0 Å². The first-order chi connectivity index (χ1) is 13.5. The number of alkyl halides is 2. The fourth-order valence-electron chi connectivity index (χ4n) is 3.67. The van der Waals surface area contributed by atoms with Gasteiger partial charge in [0.2, 0.25) is 0 Å². The van der Waals surface area contributed by atoms with Gasteiger partial charge in [-0.1, -0.05) is 28.1 Å². The molecule has 2 atom stereocenters. The number of ether oxygens (including phenoxy) is 2. The predicted octanol–water partition coefficient (Wildman–Crippen LogP) is 4.80. The van der Waals surface area contributed by atoms with E-state index in [9.17, 15) is 13.6 Å². The molecule has 8 heteroatoms. The van der Waals surface area contributed by atoms with E-state index in [4.69, 9.17) is 9.47 Å².